The van der Waals surface area contributed by atoms with Crippen LogP contribution in [0.1, 0.15) is 17.0 Å². The van der Waals surface area contributed by atoms with Crippen molar-refractivity contribution in [1.82, 2.24) is 24.2 Å². The Morgan fingerprint density at radius 3 is 2.47 bits per heavy atom. The number of carbonyl (C=O) groups excluding carboxylic acids is 1. The van der Waals surface area contributed by atoms with Gasteiger partial charge < -0.3 is 10.1 Å². The lowest BCUT2D eigenvalue weighted by Gasteiger charge is -2.26. The molecule has 0 atom stereocenters. The van der Waals surface area contributed by atoms with E-state index in [4.69, 9.17) is 4.74 Å². The maximum atomic E-state index is 12.9. The summed E-state index contributed by atoms with van der Waals surface area (Å²) in [6.45, 7) is 1.15. The second-order valence-electron chi connectivity index (χ2n) is 7.40. The molecule has 13 heteroatoms. The summed E-state index contributed by atoms with van der Waals surface area (Å²) in [7, 11) is -3.61. The number of sulfonamides is 1. The summed E-state index contributed by atoms with van der Waals surface area (Å²) in [5.41, 5.74) is -0.0370. The van der Waals surface area contributed by atoms with Crippen LogP contribution in [0.25, 0.3) is 11.7 Å². The van der Waals surface area contributed by atoms with E-state index in [2.05, 4.69) is 15.5 Å². The molecule has 0 aliphatic carbocycles. The normalized spacial score (nSPS) is 15.7. The molecule has 1 aliphatic rings. The molecular weight excluding hydrogens is 475 g/mol. The van der Waals surface area contributed by atoms with Crippen molar-refractivity contribution in [1.29, 1.82) is 0 Å². The van der Waals surface area contributed by atoms with Crippen molar-refractivity contribution in [2.24, 2.45) is 0 Å². The summed E-state index contributed by atoms with van der Waals surface area (Å²) in [4.78, 5) is 12.3. The van der Waals surface area contributed by atoms with Gasteiger partial charge in [0.2, 0.25) is 15.9 Å². The predicted molar refractivity (Wildman–Crippen MR) is 115 cm³/mol. The number of hydrogen-bond donors (Lipinski definition) is 1. The fourth-order valence-corrected chi connectivity index (χ4v) is 4.72. The molecule has 1 fully saturated rings. The zero-order valence-corrected chi connectivity index (χ0v) is 18.5. The Morgan fingerprint density at radius 1 is 1.09 bits per heavy atom. The van der Waals surface area contributed by atoms with Gasteiger partial charge in [-0.1, -0.05) is 12.1 Å². The number of benzene rings is 1. The lowest BCUT2D eigenvalue weighted by atomic mass is 10.2. The van der Waals surface area contributed by atoms with E-state index >= 15 is 0 Å². The van der Waals surface area contributed by atoms with E-state index in [9.17, 15) is 26.4 Å². The zero-order chi connectivity index (χ0) is 24.3. The number of hydrogen-bond acceptors (Lipinski definition) is 6. The van der Waals surface area contributed by atoms with Crippen molar-refractivity contribution in [2.45, 2.75) is 17.6 Å². The number of ether oxygens (including phenoxy) is 1. The van der Waals surface area contributed by atoms with Gasteiger partial charge in [0.25, 0.3) is 0 Å². The number of fused-ring (bicyclic) bond motifs is 1. The first-order valence-corrected chi connectivity index (χ1v) is 11.6. The van der Waals surface area contributed by atoms with E-state index in [1.165, 1.54) is 39.1 Å². The number of aromatic nitrogens is 3. The van der Waals surface area contributed by atoms with E-state index in [-0.39, 0.29) is 22.9 Å². The maximum Gasteiger partial charge on any atom is 0.417 e. The van der Waals surface area contributed by atoms with Gasteiger partial charge in [0.15, 0.2) is 11.5 Å². The van der Waals surface area contributed by atoms with Crippen molar-refractivity contribution in [2.75, 3.05) is 26.3 Å². The average molecular weight is 495 g/mol. The third kappa shape index (κ3) is 5.26. The minimum atomic E-state index is -4.52. The van der Waals surface area contributed by atoms with E-state index in [1.54, 1.807) is 12.1 Å². The van der Waals surface area contributed by atoms with Crippen molar-refractivity contribution in [3.8, 4) is 0 Å². The first-order chi connectivity index (χ1) is 16.1. The van der Waals surface area contributed by atoms with Crippen molar-refractivity contribution < 1.29 is 31.1 Å². The van der Waals surface area contributed by atoms with Crippen LogP contribution in [0.15, 0.2) is 53.6 Å². The fourth-order valence-electron chi connectivity index (χ4n) is 3.31. The van der Waals surface area contributed by atoms with E-state index in [0.717, 1.165) is 12.3 Å². The van der Waals surface area contributed by atoms with Gasteiger partial charge in [0.05, 0.1) is 30.2 Å². The molecule has 1 N–H and O–H groups in total. The van der Waals surface area contributed by atoms with Crippen LogP contribution in [0.5, 0.6) is 0 Å². The summed E-state index contributed by atoms with van der Waals surface area (Å²) >= 11 is 0. The van der Waals surface area contributed by atoms with E-state index in [1.807, 2.05) is 0 Å². The molecule has 1 aromatic carbocycles. The van der Waals surface area contributed by atoms with Gasteiger partial charge in [0, 0.05) is 25.4 Å². The number of nitrogens with zero attached hydrogens (tertiary/aromatic N) is 4. The topological polar surface area (TPSA) is 106 Å². The second-order valence-corrected chi connectivity index (χ2v) is 9.33. The minimum absolute atomic E-state index is 0.137. The van der Waals surface area contributed by atoms with E-state index in [0.29, 0.717) is 31.9 Å². The van der Waals surface area contributed by atoms with Gasteiger partial charge in [-0.25, -0.2) is 8.42 Å². The molecule has 1 aliphatic heterocycles. The highest BCUT2D eigenvalue weighted by Crippen LogP contribution is 2.29. The quantitative estimate of drug-likeness (QED) is 0.525. The molecule has 0 unspecified atom stereocenters. The zero-order valence-electron chi connectivity index (χ0n) is 17.7. The van der Waals surface area contributed by atoms with Crippen LogP contribution in [0.4, 0.5) is 13.2 Å². The molecule has 1 saturated heterocycles. The molecule has 3 heterocycles. The highest BCUT2D eigenvalue weighted by molar-refractivity contribution is 7.89. The molecule has 1 amide bonds. The van der Waals surface area contributed by atoms with Crippen molar-refractivity contribution >= 4 is 27.7 Å². The highest BCUT2D eigenvalue weighted by atomic mass is 32.2. The molecule has 2 aromatic heterocycles. The number of amides is 1. The van der Waals surface area contributed by atoms with E-state index < -0.39 is 27.7 Å². The number of nitrogens with one attached hydrogen (secondary N) is 1. The number of pyridine rings is 1. The number of halogens is 3. The monoisotopic (exact) mass is 495 g/mol. The Kier molecular flexibility index (Phi) is 6.68. The second kappa shape index (κ2) is 9.52. The predicted octanol–water partition coefficient (Wildman–Crippen LogP) is 2.10. The van der Waals surface area contributed by atoms with Gasteiger partial charge in [-0.2, -0.15) is 17.5 Å². The third-order valence-corrected chi connectivity index (χ3v) is 7.05. The van der Waals surface area contributed by atoms with Gasteiger partial charge in [0.1, 0.15) is 0 Å². The van der Waals surface area contributed by atoms with Crippen molar-refractivity contribution in [3.63, 3.8) is 0 Å². The fraction of sp³-hybridized carbons (Fsp3) is 0.286. The SMILES string of the molecule is O=C(/C=C/c1ccc(S(=O)(=O)N2CCOCC2)cc1)NCc1nnc2ccc(C(F)(F)F)cn12. The first-order valence-electron chi connectivity index (χ1n) is 10.2. The van der Waals surface area contributed by atoms with Crippen LogP contribution in [0, 0.1) is 0 Å². The van der Waals surface area contributed by atoms with Crippen LogP contribution in [-0.2, 0) is 32.3 Å². The number of alkyl halides is 3. The Balaban J connectivity index is 1.38. The molecular formula is C21H20F3N5O4S. The summed E-state index contributed by atoms with van der Waals surface area (Å²) < 4.78 is 71.8. The number of rotatable bonds is 6. The summed E-state index contributed by atoms with van der Waals surface area (Å²) in [5.74, 6) is -0.366. The molecule has 0 spiro atoms. The smallest absolute Gasteiger partial charge is 0.379 e. The number of carbonyl (C=O) groups is 1. The van der Waals surface area contributed by atoms with Gasteiger partial charge >= 0.3 is 6.18 Å². The Bertz CT molecular complexity index is 1310. The van der Waals surface area contributed by atoms with Gasteiger partial charge in [-0.15, -0.1) is 10.2 Å². The Morgan fingerprint density at radius 2 is 1.79 bits per heavy atom. The molecule has 0 bridgehead atoms. The standard InChI is InChI=1S/C21H20F3N5O4S/c22-21(23,24)16-4-7-18-26-27-19(29(18)14-16)13-25-20(30)8-3-15-1-5-17(6-2-15)34(31,32)28-9-11-33-12-10-28/h1-8,14H,9-13H2,(H,25,30)/b8-3+. The van der Waals surface area contributed by atoms with Gasteiger partial charge in [-0.3, -0.25) is 9.20 Å². The Labute approximate surface area is 192 Å². The molecule has 3 aromatic rings. The highest BCUT2D eigenvalue weighted by Gasteiger charge is 2.31. The average Bonchev–Trinajstić information content (AvgIpc) is 3.24. The summed E-state index contributed by atoms with van der Waals surface area (Å²) in [6.07, 6.45) is -0.919. The molecule has 180 valence electrons. The molecule has 4 rings (SSSR count). The van der Waals surface area contributed by atoms with Crippen LogP contribution < -0.4 is 5.32 Å². The van der Waals surface area contributed by atoms with Gasteiger partial charge in [-0.05, 0) is 35.9 Å². The van der Waals surface area contributed by atoms with Crippen LogP contribution in [0.2, 0.25) is 0 Å². The maximum absolute atomic E-state index is 12.9. The molecule has 9 nitrogen and oxygen atoms in total. The third-order valence-electron chi connectivity index (χ3n) is 5.14. The minimum Gasteiger partial charge on any atom is -0.379 e. The summed E-state index contributed by atoms with van der Waals surface area (Å²) in [5, 5.41) is 10.1. The molecule has 34 heavy (non-hydrogen) atoms. The molecule has 0 saturated carbocycles. The van der Waals surface area contributed by atoms with Crippen molar-refractivity contribution in [3.05, 3.63) is 65.6 Å². The Hall–Kier alpha value is -3.29. The first kappa shape index (κ1) is 23.9. The summed E-state index contributed by atoms with van der Waals surface area (Å²) in [6, 6.07) is 8.17. The lowest BCUT2D eigenvalue weighted by Crippen LogP contribution is -2.40. The lowest BCUT2D eigenvalue weighted by molar-refractivity contribution is -0.137. The van der Waals surface area contributed by atoms with Crippen LogP contribution in [0.3, 0.4) is 0 Å². The molecule has 0 radical (unpaired) electrons. The van der Waals surface area contributed by atoms with Crippen LogP contribution >= 0.6 is 0 Å². The number of morpholine rings is 1. The van der Waals surface area contributed by atoms with Crippen LogP contribution in [-0.4, -0.2) is 59.5 Å². The largest absolute Gasteiger partial charge is 0.417 e.